The summed E-state index contributed by atoms with van der Waals surface area (Å²) in [6.45, 7) is 1.98. The van der Waals surface area contributed by atoms with E-state index >= 15 is 0 Å². The first-order valence-corrected chi connectivity index (χ1v) is 13.4. The van der Waals surface area contributed by atoms with Crippen molar-refractivity contribution < 1.29 is 14.3 Å². The number of aryl methyl sites for hydroxylation is 1. The molecule has 0 unspecified atom stereocenters. The minimum absolute atomic E-state index is 0.135. The third-order valence-corrected chi connectivity index (χ3v) is 7.40. The van der Waals surface area contributed by atoms with Gasteiger partial charge < -0.3 is 15.0 Å². The van der Waals surface area contributed by atoms with Crippen molar-refractivity contribution in [3.05, 3.63) is 99.5 Å². The van der Waals surface area contributed by atoms with Gasteiger partial charge in [0.05, 0.1) is 10.0 Å². The second-order valence-electron chi connectivity index (χ2n) is 9.57. The Labute approximate surface area is 228 Å². The summed E-state index contributed by atoms with van der Waals surface area (Å²) in [6.07, 6.45) is 4.51. The standard InChI is InChI=1S/C30H32Cl2N2O3/c1-21-8-7-13-25(16-21)37-20-29(35)34(19-23-14-15-26(31)27(32)17-23)28(18-22-9-3-2-4-10-22)30(36)33-24-11-5-6-12-24/h2-4,7-10,13-17,24,28H,5-6,11-12,18-20H2,1H3,(H,33,36)/t28-/m1/s1. The summed E-state index contributed by atoms with van der Waals surface area (Å²) in [5.74, 6) is 0.174. The maximum absolute atomic E-state index is 13.7. The highest BCUT2D eigenvalue weighted by Crippen LogP contribution is 2.25. The van der Waals surface area contributed by atoms with Crippen LogP contribution >= 0.6 is 23.2 Å². The SMILES string of the molecule is Cc1cccc(OCC(=O)N(Cc2ccc(Cl)c(Cl)c2)[C@H](Cc2ccccc2)C(=O)NC2CCCC2)c1. The predicted molar refractivity (Wildman–Crippen MR) is 148 cm³/mol. The molecule has 7 heteroatoms. The molecule has 194 valence electrons. The van der Waals surface area contributed by atoms with Crippen molar-refractivity contribution in [2.24, 2.45) is 0 Å². The van der Waals surface area contributed by atoms with Gasteiger partial charge in [-0.25, -0.2) is 0 Å². The second kappa shape index (κ2) is 13.0. The molecule has 0 aliphatic heterocycles. The Bertz CT molecular complexity index is 1210. The molecular weight excluding hydrogens is 507 g/mol. The van der Waals surface area contributed by atoms with E-state index in [-0.39, 0.29) is 31.0 Å². The Morgan fingerprint density at radius 1 is 0.946 bits per heavy atom. The second-order valence-corrected chi connectivity index (χ2v) is 10.4. The van der Waals surface area contributed by atoms with Gasteiger partial charge in [0.1, 0.15) is 11.8 Å². The van der Waals surface area contributed by atoms with Crippen molar-refractivity contribution in [3.8, 4) is 5.75 Å². The van der Waals surface area contributed by atoms with Gasteiger partial charge in [-0.15, -0.1) is 0 Å². The average molecular weight is 540 g/mol. The first-order chi connectivity index (χ1) is 17.9. The van der Waals surface area contributed by atoms with Crippen molar-refractivity contribution in [3.63, 3.8) is 0 Å². The molecule has 1 atom stereocenters. The van der Waals surface area contributed by atoms with Crippen LogP contribution in [0.2, 0.25) is 10.0 Å². The van der Waals surface area contributed by atoms with Gasteiger partial charge in [0.15, 0.2) is 6.61 Å². The van der Waals surface area contributed by atoms with Gasteiger partial charge >= 0.3 is 0 Å². The largest absolute Gasteiger partial charge is 0.484 e. The van der Waals surface area contributed by atoms with E-state index in [2.05, 4.69) is 5.32 Å². The van der Waals surface area contributed by atoms with Gasteiger partial charge in [0.2, 0.25) is 5.91 Å². The number of carbonyl (C=O) groups is 2. The number of rotatable bonds is 10. The van der Waals surface area contributed by atoms with Crippen LogP contribution < -0.4 is 10.1 Å². The smallest absolute Gasteiger partial charge is 0.261 e. The summed E-state index contributed by atoms with van der Waals surface area (Å²) >= 11 is 12.4. The van der Waals surface area contributed by atoms with E-state index in [1.54, 1.807) is 17.0 Å². The molecule has 4 rings (SSSR count). The highest BCUT2D eigenvalue weighted by Gasteiger charge is 2.32. The number of benzene rings is 3. The minimum Gasteiger partial charge on any atom is -0.484 e. The van der Waals surface area contributed by atoms with Gasteiger partial charge in [0.25, 0.3) is 5.91 Å². The van der Waals surface area contributed by atoms with E-state index in [0.29, 0.717) is 22.2 Å². The molecule has 0 saturated heterocycles. The summed E-state index contributed by atoms with van der Waals surface area (Å²) in [4.78, 5) is 29.0. The van der Waals surface area contributed by atoms with E-state index in [1.165, 1.54) is 0 Å². The number of carbonyl (C=O) groups excluding carboxylic acids is 2. The van der Waals surface area contributed by atoms with Crippen LogP contribution in [0.25, 0.3) is 0 Å². The number of ether oxygens (including phenoxy) is 1. The van der Waals surface area contributed by atoms with Crippen molar-refractivity contribution in [2.45, 2.75) is 57.7 Å². The van der Waals surface area contributed by atoms with E-state index in [1.807, 2.05) is 67.6 Å². The van der Waals surface area contributed by atoms with Gasteiger partial charge in [-0.1, -0.05) is 84.6 Å². The summed E-state index contributed by atoms with van der Waals surface area (Å²) in [5.41, 5.74) is 2.79. The molecule has 0 spiro atoms. The molecule has 1 N–H and O–H groups in total. The lowest BCUT2D eigenvalue weighted by molar-refractivity contribution is -0.143. The molecular formula is C30H32Cl2N2O3. The lowest BCUT2D eigenvalue weighted by Gasteiger charge is -2.32. The lowest BCUT2D eigenvalue weighted by atomic mass is 10.0. The maximum Gasteiger partial charge on any atom is 0.261 e. The highest BCUT2D eigenvalue weighted by atomic mass is 35.5. The summed E-state index contributed by atoms with van der Waals surface area (Å²) in [5, 5.41) is 4.04. The van der Waals surface area contributed by atoms with Crippen LogP contribution in [-0.2, 0) is 22.6 Å². The Morgan fingerprint density at radius 3 is 2.41 bits per heavy atom. The quantitative estimate of drug-likeness (QED) is 0.325. The zero-order valence-electron chi connectivity index (χ0n) is 21.0. The summed E-state index contributed by atoms with van der Waals surface area (Å²) < 4.78 is 5.85. The molecule has 0 radical (unpaired) electrons. The van der Waals surface area contributed by atoms with Gasteiger partial charge in [-0.05, 0) is 60.7 Å². The molecule has 1 saturated carbocycles. The van der Waals surface area contributed by atoms with Crippen molar-refractivity contribution in [2.75, 3.05) is 6.61 Å². The van der Waals surface area contributed by atoms with Crippen molar-refractivity contribution in [1.29, 1.82) is 0 Å². The molecule has 3 aromatic carbocycles. The Hall–Kier alpha value is -3.02. The molecule has 37 heavy (non-hydrogen) atoms. The number of hydrogen-bond acceptors (Lipinski definition) is 3. The van der Waals surface area contributed by atoms with Gasteiger partial charge in [0, 0.05) is 19.0 Å². The van der Waals surface area contributed by atoms with Gasteiger partial charge in [-0.2, -0.15) is 0 Å². The number of amides is 2. The first-order valence-electron chi connectivity index (χ1n) is 12.7. The van der Waals surface area contributed by atoms with Gasteiger partial charge in [-0.3, -0.25) is 9.59 Å². The van der Waals surface area contributed by atoms with Crippen molar-refractivity contribution >= 4 is 35.0 Å². The van der Waals surface area contributed by atoms with Crippen LogP contribution in [0, 0.1) is 6.92 Å². The van der Waals surface area contributed by atoms with Crippen molar-refractivity contribution in [1.82, 2.24) is 10.2 Å². The summed E-state index contributed by atoms with van der Waals surface area (Å²) in [7, 11) is 0. The molecule has 2 amide bonds. The highest BCUT2D eigenvalue weighted by molar-refractivity contribution is 6.42. The fourth-order valence-electron chi connectivity index (χ4n) is 4.69. The Kier molecular flexibility index (Phi) is 9.48. The topological polar surface area (TPSA) is 58.6 Å². The maximum atomic E-state index is 13.7. The molecule has 3 aromatic rings. The molecule has 1 aliphatic rings. The predicted octanol–water partition coefficient (Wildman–Crippen LogP) is 6.38. The average Bonchev–Trinajstić information content (AvgIpc) is 3.40. The van der Waals surface area contributed by atoms with E-state index in [4.69, 9.17) is 27.9 Å². The monoisotopic (exact) mass is 538 g/mol. The van der Waals surface area contributed by atoms with Crippen LogP contribution in [0.4, 0.5) is 0 Å². The fraction of sp³-hybridized carbons (Fsp3) is 0.333. The van der Waals surface area contributed by atoms with E-state index in [0.717, 1.165) is 42.4 Å². The van der Waals surface area contributed by atoms with Crippen LogP contribution in [0.5, 0.6) is 5.75 Å². The molecule has 0 aromatic heterocycles. The van der Waals surface area contributed by atoms with E-state index in [9.17, 15) is 9.59 Å². The van der Waals surface area contributed by atoms with Crippen LogP contribution in [0.1, 0.15) is 42.4 Å². The van der Waals surface area contributed by atoms with E-state index < -0.39 is 6.04 Å². The Morgan fingerprint density at radius 2 is 1.70 bits per heavy atom. The minimum atomic E-state index is -0.717. The number of halogens is 2. The molecule has 0 bridgehead atoms. The molecule has 1 aliphatic carbocycles. The zero-order chi connectivity index (χ0) is 26.2. The Balaban J connectivity index is 1.62. The van der Waals surface area contributed by atoms with Crippen LogP contribution in [0.3, 0.4) is 0 Å². The molecule has 5 nitrogen and oxygen atoms in total. The number of nitrogens with zero attached hydrogens (tertiary/aromatic N) is 1. The number of hydrogen-bond donors (Lipinski definition) is 1. The third-order valence-electron chi connectivity index (χ3n) is 6.66. The molecule has 0 heterocycles. The lowest BCUT2D eigenvalue weighted by Crippen LogP contribution is -2.53. The summed E-state index contributed by atoms with van der Waals surface area (Å²) in [6, 6.07) is 22.0. The van der Waals surface area contributed by atoms with Crippen LogP contribution in [-0.4, -0.2) is 35.4 Å². The third kappa shape index (κ3) is 7.73. The fourth-order valence-corrected chi connectivity index (χ4v) is 5.01. The zero-order valence-corrected chi connectivity index (χ0v) is 22.5. The number of nitrogens with one attached hydrogen (secondary N) is 1. The normalized spacial score (nSPS) is 14.2. The van der Waals surface area contributed by atoms with Crippen LogP contribution in [0.15, 0.2) is 72.8 Å². The first kappa shape index (κ1) is 27.0. The molecule has 1 fully saturated rings.